The first-order chi connectivity index (χ1) is 11.6. The van der Waals surface area contributed by atoms with E-state index in [1.807, 2.05) is 18.5 Å². The molecule has 0 saturated carbocycles. The largest absolute Gasteiger partial charge is 0.356 e. The Labute approximate surface area is 145 Å². The average molecular weight is 327 g/mol. The quantitative estimate of drug-likeness (QED) is 0.607. The molecule has 5 nitrogen and oxygen atoms in total. The van der Waals surface area contributed by atoms with Crippen LogP contribution in [0.3, 0.4) is 0 Å². The van der Waals surface area contributed by atoms with Crippen molar-refractivity contribution in [2.75, 3.05) is 13.6 Å². The Kier molecular flexibility index (Phi) is 6.85. The molecule has 2 aromatic rings. The monoisotopic (exact) mass is 327 g/mol. The van der Waals surface area contributed by atoms with Gasteiger partial charge in [0.25, 0.3) is 0 Å². The number of hydrogen-bond donors (Lipinski definition) is 2. The summed E-state index contributed by atoms with van der Waals surface area (Å²) < 4.78 is 2.20. The Hall–Kier alpha value is -2.30. The van der Waals surface area contributed by atoms with Crippen LogP contribution in [-0.2, 0) is 13.0 Å². The van der Waals surface area contributed by atoms with Crippen LogP contribution >= 0.6 is 0 Å². The summed E-state index contributed by atoms with van der Waals surface area (Å²) in [5.41, 5.74) is 1.29. The molecule has 24 heavy (non-hydrogen) atoms. The molecule has 1 aromatic heterocycles. The van der Waals surface area contributed by atoms with Crippen molar-refractivity contribution in [3.8, 4) is 0 Å². The predicted molar refractivity (Wildman–Crippen MR) is 100 cm³/mol. The summed E-state index contributed by atoms with van der Waals surface area (Å²) in [7, 11) is 1.80. The maximum absolute atomic E-state index is 4.49. The van der Waals surface area contributed by atoms with Crippen molar-refractivity contribution in [1.82, 2.24) is 20.2 Å². The lowest BCUT2D eigenvalue weighted by atomic mass is 10.1. The second kappa shape index (κ2) is 9.11. The van der Waals surface area contributed by atoms with Gasteiger partial charge in [0, 0.05) is 45.0 Å². The van der Waals surface area contributed by atoms with Crippen LogP contribution in [0.15, 0.2) is 47.7 Å². The van der Waals surface area contributed by atoms with Gasteiger partial charge in [-0.3, -0.25) is 4.99 Å². The minimum absolute atomic E-state index is 0.385. The molecular formula is C19H29N5. The van der Waals surface area contributed by atoms with Gasteiger partial charge in [-0.25, -0.2) is 4.98 Å². The van der Waals surface area contributed by atoms with E-state index in [2.05, 4.69) is 70.2 Å². The van der Waals surface area contributed by atoms with Gasteiger partial charge in [0.2, 0.25) is 0 Å². The Balaban J connectivity index is 1.85. The Morgan fingerprint density at radius 2 is 1.96 bits per heavy atom. The van der Waals surface area contributed by atoms with Gasteiger partial charge in [0.1, 0.15) is 5.82 Å². The van der Waals surface area contributed by atoms with Crippen LogP contribution in [0, 0.1) is 5.92 Å². The fourth-order valence-corrected chi connectivity index (χ4v) is 2.36. The molecule has 1 heterocycles. The molecule has 0 bridgehead atoms. The summed E-state index contributed by atoms with van der Waals surface area (Å²) in [6.45, 7) is 8.23. The molecule has 0 saturated heterocycles. The fourth-order valence-electron chi connectivity index (χ4n) is 2.36. The molecule has 1 unspecified atom stereocenters. The number of aliphatic imine (C=N–C) groups is 1. The molecule has 0 aliphatic rings. The van der Waals surface area contributed by atoms with Gasteiger partial charge in [0.05, 0.1) is 0 Å². The summed E-state index contributed by atoms with van der Waals surface area (Å²) in [6, 6.07) is 10.8. The van der Waals surface area contributed by atoms with E-state index in [9.17, 15) is 0 Å². The van der Waals surface area contributed by atoms with E-state index >= 15 is 0 Å². The summed E-state index contributed by atoms with van der Waals surface area (Å²) in [5, 5.41) is 6.78. The highest BCUT2D eigenvalue weighted by molar-refractivity contribution is 5.79. The second-order valence-electron chi connectivity index (χ2n) is 6.38. The van der Waals surface area contributed by atoms with E-state index in [0.29, 0.717) is 12.0 Å². The Morgan fingerprint density at radius 1 is 1.21 bits per heavy atom. The van der Waals surface area contributed by atoms with Gasteiger partial charge >= 0.3 is 0 Å². The highest BCUT2D eigenvalue weighted by Gasteiger charge is 2.09. The van der Waals surface area contributed by atoms with Gasteiger partial charge in [-0.2, -0.15) is 0 Å². The van der Waals surface area contributed by atoms with E-state index in [1.165, 1.54) is 5.56 Å². The first kappa shape index (κ1) is 18.0. The first-order valence-corrected chi connectivity index (χ1v) is 8.61. The summed E-state index contributed by atoms with van der Waals surface area (Å²) >= 11 is 0. The normalized spacial score (nSPS) is 13.1. The van der Waals surface area contributed by atoms with Crippen LogP contribution in [-0.4, -0.2) is 35.1 Å². The van der Waals surface area contributed by atoms with Crippen LogP contribution in [0.2, 0.25) is 0 Å². The van der Waals surface area contributed by atoms with E-state index in [0.717, 1.165) is 31.3 Å². The second-order valence-corrected chi connectivity index (χ2v) is 6.38. The molecule has 2 rings (SSSR count). The SMILES string of the molecule is CN=C(NCCc1nccn1Cc1ccccc1)NC(C)C(C)C. The van der Waals surface area contributed by atoms with Crippen LogP contribution in [0.1, 0.15) is 32.2 Å². The lowest BCUT2D eigenvalue weighted by Crippen LogP contribution is -2.44. The van der Waals surface area contributed by atoms with Gasteiger partial charge in [0.15, 0.2) is 5.96 Å². The lowest BCUT2D eigenvalue weighted by molar-refractivity contribution is 0.481. The maximum atomic E-state index is 4.49. The van der Waals surface area contributed by atoms with E-state index in [4.69, 9.17) is 0 Å². The van der Waals surface area contributed by atoms with Crippen LogP contribution in [0.4, 0.5) is 0 Å². The van der Waals surface area contributed by atoms with Crippen molar-refractivity contribution in [1.29, 1.82) is 0 Å². The third-order valence-electron chi connectivity index (χ3n) is 4.23. The number of benzene rings is 1. The fraction of sp³-hybridized carbons (Fsp3) is 0.474. The zero-order valence-corrected chi connectivity index (χ0v) is 15.2. The average Bonchev–Trinajstić information content (AvgIpc) is 3.01. The summed E-state index contributed by atoms with van der Waals surface area (Å²) in [6.07, 6.45) is 4.76. The van der Waals surface area contributed by atoms with Crippen molar-refractivity contribution in [2.24, 2.45) is 10.9 Å². The maximum Gasteiger partial charge on any atom is 0.191 e. The standard InChI is InChI=1S/C19H29N5/c1-15(2)16(3)23-19(20-4)22-11-10-18-21-12-13-24(18)14-17-8-6-5-7-9-17/h5-9,12-13,15-16H,10-11,14H2,1-4H3,(H2,20,22,23). The smallest absolute Gasteiger partial charge is 0.191 e. The van der Waals surface area contributed by atoms with E-state index in [1.54, 1.807) is 7.05 Å². The predicted octanol–water partition coefficient (Wildman–Crippen LogP) is 2.68. The van der Waals surface area contributed by atoms with Crippen molar-refractivity contribution >= 4 is 5.96 Å². The molecule has 0 aliphatic carbocycles. The van der Waals surface area contributed by atoms with Crippen molar-refractivity contribution in [3.05, 3.63) is 54.1 Å². The van der Waals surface area contributed by atoms with Crippen molar-refractivity contribution in [2.45, 2.75) is 39.8 Å². The minimum Gasteiger partial charge on any atom is -0.356 e. The number of imidazole rings is 1. The zero-order chi connectivity index (χ0) is 17.4. The molecular weight excluding hydrogens is 298 g/mol. The molecule has 0 amide bonds. The third kappa shape index (κ3) is 5.41. The summed E-state index contributed by atoms with van der Waals surface area (Å²) in [4.78, 5) is 8.77. The lowest BCUT2D eigenvalue weighted by Gasteiger charge is -2.20. The van der Waals surface area contributed by atoms with Crippen LogP contribution < -0.4 is 10.6 Å². The van der Waals surface area contributed by atoms with Gasteiger partial charge in [-0.05, 0) is 18.4 Å². The number of nitrogens with one attached hydrogen (secondary N) is 2. The Bertz CT molecular complexity index is 630. The Morgan fingerprint density at radius 3 is 2.62 bits per heavy atom. The molecule has 2 N–H and O–H groups in total. The van der Waals surface area contributed by atoms with E-state index in [-0.39, 0.29) is 0 Å². The molecule has 1 atom stereocenters. The number of aromatic nitrogens is 2. The van der Waals surface area contributed by atoms with Crippen LogP contribution in [0.25, 0.3) is 0 Å². The number of guanidine groups is 1. The highest BCUT2D eigenvalue weighted by Crippen LogP contribution is 2.06. The molecule has 0 aliphatic heterocycles. The number of hydrogen-bond acceptors (Lipinski definition) is 2. The molecule has 0 fully saturated rings. The molecule has 1 aromatic carbocycles. The third-order valence-corrected chi connectivity index (χ3v) is 4.23. The van der Waals surface area contributed by atoms with E-state index < -0.39 is 0 Å². The van der Waals surface area contributed by atoms with Gasteiger partial charge in [-0.1, -0.05) is 44.2 Å². The number of rotatable bonds is 7. The van der Waals surface area contributed by atoms with Crippen molar-refractivity contribution < 1.29 is 0 Å². The minimum atomic E-state index is 0.385. The zero-order valence-electron chi connectivity index (χ0n) is 15.2. The molecule has 0 radical (unpaired) electrons. The first-order valence-electron chi connectivity index (χ1n) is 8.61. The molecule has 5 heteroatoms. The van der Waals surface area contributed by atoms with Crippen LogP contribution in [0.5, 0.6) is 0 Å². The molecule has 130 valence electrons. The highest BCUT2D eigenvalue weighted by atomic mass is 15.2. The van der Waals surface area contributed by atoms with Gasteiger partial charge < -0.3 is 15.2 Å². The topological polar surface area (TPSA) is 54.2 Å². The molecule has 0 spiro atoms. The summed E-state index contributed by atoms with van der Waals surface area (Å²) in [5.74, 6) is 2.49. The van der Waals surface area contributed by atoms with Gasteiger partial charge in [-0.15, -0.1) is 0 Å². The van der Waals surface area contributed by atoms with Crippen molar-refractivity contribution in [3.63, 3.8) is 0 Å². The number of nitrogens with zero attached hydrogens (tertiary/aromatic N) is 3.